The first kappa shape index (κ1) is 17.7. The van der Waals surface area contributed by atoms with Gasteiger partial charge in [0.15, 0.2) is 4.32 Å². The van der Waals surface area contributed by atoms with Crippen LogP contribution in [-0.2, 0) is 4.79 Å². The van der Waals surface area contributed by atoms with Crippen LogP contribution in [0.25, 0.3) is 16.2 Å². The van der Waals surface area contributed by atoms with E-state index in [2.05, 4.69) is 0 Å². The van der Waals surface area contributed by atoms with Gasteiger partial charge in [0, 0.05) is 10.8 Å². The van der Waals surface area contributed by atoms with E-state index in [1.54, 1.807) is 11.3 Å². The van der Waals surface area contributed by atoms with Crippen molar-refractivity contribution in [3.8, 4) is 5.75 Å². The molecule has 8 heteroatoms. The Kier molecular flexibility index (Phi) is 4.47. The number of hydrogen-bond donors (Lipinski definition) is 2. The number of aromatic carboxylic acids is 1. The van der Waals surface area contributed by atoms with Crippen molar-refractivity contribution in [2.24, 2.45) is 0 Å². The second-order valence-corrected chi connectivity index (χ2v) is 8.30. The van der Waals surface area contributed by atoms with Crippen molar-refractivity contribution in [1.82, 2.24) is 0 Å². The lowest BCUT2D eigenvalue weighted by Gasteiger charge is -2.15. The molecule has 1 amide bonds. The van der Waals surface area contributed by atoms with Crippen LogP contribution in [0.1, 0.15) is 15.9 Å². The largest absolute Gasteiger partial charge is 0.507 e. The molecule has 2 heterocycles. The third-order valence-corrected chi connectivity index (χ3v) is 6.35. The average Bonchev–Trinajstić information content (AvgIpc) is 3.16. The number of fused-ring (bicyclic) bond motifs is 1. The standard InChI is InChI=1S/C19H11NO4S3/c21-14-8-11(5-6-13(14)18(23)24)20-17(22)16(27-19(20)25)7-10-9-26-15-4-2-1-3-12(10)15/h1-9,21H,(H,23,24)/b16-7-. The first-order chi connectivity index (χ1) is 13.0. The highest BCUT2D eigenvalue weighted by atomic mass is 32.2. The van der Waals surface area contributed by atoms with Gasteiger partial charge in [-0.1, -0.05) is 42.2 Å². The van der Waals surface area contributed by atoms with Crippen molar-refractivity contribution >= 4 is 73.4 Å². The highest BCUT2D eigenvalue weighted by Crippen LogP contribution is 2.39. The first-order valence-electron chi connectivity index (χ1n) is 7.76. The van der Waals surface area contributed by atoms with Gasteiger partial charge in [0.1, 0.15) is 11.3 Å². The zero-order valence-corrected chi connectivity index (χ0v) is 16.0. The molecule has 0 bridgehead atoms. The summed E-state index contributed by atoms with van der Waals surface area (Å²) in [6, 6.07) is 11.9. The highest BCUT2D eigenvalue weighted by Gasteiger charge is 2.34. The lowest BCUT2D eigenvalue weighted by molar-refractivity contribution is -0.113. The number of thioether (sulfide) groups is 1. The van der Waals surface area contributed by atoms with Gasteiger partial charge in [0.2, 0.25) is 0 Å². The number of aromatic hydroxyl groups is 1. The number of carbonyl (C=O) groups is 2. The lowest BCUT2D eigenvalue weighted by Crippen LogP contribution is -2.27. The number of rotatable bonds is 3. The van der Waals surface area contributed by atoms with Gasteiger partial charge < -0.3 is 10.2 Å². The van der Waals surface area contributed by atoms with E-state index in [-0.39, 0.29) is 11.5 Å². The van der Waals surface area contributed by atoms with Crippen LogP contribution < -0.4 is 4.90 Å². The van der Waals surface area contributed by atoms with Crippen molar-refractivity contribution in [1.29, 1.82) is 0 Å². The number of carboxylic acids is 1. The van der Waals surface area contributed by atoms with E-state index in [1.807, 2.05) is 35.7 Å². The second kappa shape index (κ2) is 6.80. The molecule has 2 aromatic carbocycles. The molecule has 27 heavy (non-hydrogen) atoms. The van der Waals surface area contributed by atoms with Crippen molar-refractivity contribution in [2.75, 3.05) is 4.90 Å². The minimum absolute atomic E-state index is 0.232. The lowest BCUT2D eigenvalue weighted by atomic mass is 10.1. The van der Waals surface area contributed by atoms with E-state index in [1.165, 1.54) is 34.9 Å². The molecule has 0 aliphatic carbocycles. The minimum Gasteiger partial charge on any atom is -0.507 e. The van der Waals surface area contributed by atoms with Gasteiger partial charge >= 0.3 is 5.97 Å². The molecule has 0 radical (unpaired) electrons. The Labute approximate surface area is 167 Å². The number of amides is 1. The van der Waals surface area contributed by atoms with Crippen LogP contribution in [0.5, 0.6) is 5.75 Å². The summed E-state index contributed by atoms with van der Waals surface area (Å²) in [6.07, 6.45) is 1.81. The monoisotopic (exact) mass is 413 g/mol. The number of phenols is 1. The van der Waals surface area contributed by atoms with E-state index >= 15 is 0 Å². The summed E-state index contributed by atoms with van der Waals surface area (Å²) < 4.78 is 1.46. The van der Waals surface area contributed by atoms with Crippen molar-refractivity contribution in [2.45, 2.75) is 0 Å². The number of thiocarbonyl (C=S) groups is 1. The van der Waals surface area contributed by atoms with Crippen LogP contribution in [0.3, 0.4) is 0 Å². The summed E-state index contributed by atoms with van der Waals surface area (Å²) in [4.78, 5) is 25.7. The van der Waals surface area contributed by atoms with E-state index in [9.17, 15) is 14.7 Å². The maximum Gasteiger partial charge on any atom is 0.339 e. The van der Waals surface area contributed by atoms with Crippen LogP contribution in [0.4, 0.5) is 5.69 Å². The molecule has 0 atom stereocenters. The smallest absolute Gasteiger partial charge is 0.339 e. The summed E-state index contributed by atoms with van der Waals surface area (Å²) in [5.41, 5.74) is 1.04. The van der Waals surface area contributed by atoms with E-state index < -0.39 is 11.7 Å². The third kappa shape index (κ3) is 3.12. The van der Waals surface area contributed by atoms with Crippen molar-refractivity contribution < 1.29 is 19.8 Å². The number of carboxylic acid groups (broad SMARTS) is 1. The normalized spacial score (nSPS) is 15.9. The number of thiophene rings is 1. The number of hydrogen-bond acceptors (Lipinski definition) is 6. The summed E-state index contributed by atoms with van der Waals surface area (Å²) in [7, 11) is 0. The Bertz CT molecular complexity index is 1150. The Hall–Kier alpha value is -2.68. The van der Waals surface area contributed by atoms with Gasteiger partial charge in [0.25, 0.3) is 5.91 Å². The minimum atomic E-state index is -1.24. The average molecular weight is 414 g/mol. The van der Waals surface area contributed by atoms with Crippen molar-refractivity contribution in [3.63, 3.8) is 0 Å². The predicted molar refractivity (Wildman–Crippen MR) is 113 cm³/mol. The van der Waals surface area contributed by atoms with E-state index in [0.717, 1.165) is 15.6 Å². The topological polar surface area (TPSA) is 77.8 Å². The van der Waals surface area contributed by atoms with E-state index in [0.29, 0.717) is 14.9 Å². The summed E-state index contributed by atoms with van der Waals surface area (Å²) in [5.74, 6) is -1.96. The summed E-state index contributed by atoms with van der Waals surface area (Å²) >= 11 is 8.11. The molecule has 1 aliphatic rings. The second-order valence-electron chi connectivity index (χ2n) is 5.71. The number of benzene rings is 2. The Morgan fingerprint density at radius 3 is 2.70 bits per heavy atom. The fraction of sp³-hybridized carbons (Fsp3) is 0. The molecule has 1 aromatic heterocycles. The highest BCUT2D eigenvalue weighted by molar-refractivity contribution is 8.27. The SMILES string of the molecule is O=C(O)c1ccc(N2C(=O)/C(=C/c3csc4ccccc34)SC2=S)cc1O. The fourth-order valence-corrected chi connectivity index (χ4v) is 4.99. The maximum atomic E-state index is 12.9. The summed E-state index contributed by atoms with van der Waals surface area (Å²) in [5, 5.41) is 22.0. The zero-order chi connectivity index (χ0) is 19.1. The molecule has 1 aliphatic heterocycles. The maximum absolute atomic E-state index is 12.9. The first-order valence-corrected chi connectivity index (χ1v) is 9.86. The molecular weight excluding hydrogens is 402 g/mol. The number of nitrogens with zero attached hydrogens (tertiary/aromatic N) is 1. The number of anilines is 1. The van der Waals surface area contributed by atoms with Crippen LogP contribution in [0, 0.1) is 0 Å². The Morgan fingerprint density at radius 2 is 1.96 bits per heavy atom. The van der Waals surface area contributed by atoms with Gasteiger partial charge in [-0.2, -0.15) is 0 Å². The third-order valence-electron chi connectivity index (χ3n) is 4.06. The fourth-order valence-electron chi connectivity index (χ4n) is 2.78. The van der Waals surface area contributed by atoms with Gasteiger partial charge in [-0.05, 0) is 40.6 Å². The molecule has 1 fully saturated rings. The van der Waals surface area contributed by atoms with Gasteiger partial charge in [-0.15, -0.1) is 11.3 Å². The van der Waals surface area contributed by atoms with E-state index in [4.69, 9.17) is 17.3 Å². The zero-order valence-electron chi connectivity index (χ0n) is 13.6. The van der Waals surface area contributed by atoms with Gasteiger partial charge in [-0.3, -0.25) is 9.69 Å². The molecule has 3 aromatic rings. The quantitative estimate of drug-likeness (QED) is 0.478. The molecular formula is C19H11NO4S3. The van der Waals surface area contributed by atoms with Crippen LogP contribution >= 0.6 is 35.3 Å². The molecule has 0 spiro atoms. The molecule has 1 saturated heterocycles. The molecule has 2 N–H and O–H groups in total. The Morgan fingerprint density at radius 1 is 1.19 bits per heavy atom. The van der Waals surface area contributed by atoms with Crippen molar-refractivity contribution in [3.05, 3.63) is 63.9 Å². The Balaban J connectivity index is 1.70. The molecule has 0 saturated carbocycles. The summed E-state index contributed by atoms with van der Waals surface area (Å²) in [6.45, 7) is 0. The van der Waals surface area contributed by atoms with Crippen LogP contribution in [0.15, 0.2) is 52.7 Å². The van der Waals surface area contributed by atoms with Gasteiger partial charge in [0.05, 0.1) is 10.6 Å². The predicted octanol–water partition coefficient (Wildman–Crippen LogP) is 4.71. The molecule has 4 rings (SSSR count). The van der Waals surface area contributed by atoms with Gasteiger partial charge in [-0.25, -0.2) is 4.79 Å². The molecule has 0 unspecified atom stereocenters. The molecule has 134 valence electrons. The number of carbonyl (C=O) groups excluding carboxylic acids is 1. The molecule has 5 nitrogen and oxygen atoms in total. The van der Waals surface area contributed by atoms with Crippen LogP contribution in [0.2, 0.25) is 0 Å². The van der Waals surface area contributed by atoms with Crippen LogP contribution in [-0.4, -0.2) is 26.4 Å².